The van der Waals surface area contributed by atoms with Crippen LogP contribution in [0, 0.1) is 6.92 Å². The summed E-state index contributed by atoms with van der Waals surface area (Å²) in [6.07, 6.45) is 0. The van der Waals surface area contributed by atoms with Crippen LogP contribution in [0.3, 0.4) is 0 Å². The average Bonchev–Trinajstić information content (AvgIpc) is 2.69. The highest BCUT2D eigenvalue weighted by atomic mass is 32.2. The number of nitrogens with one attached hydrogen (secondary N) is 1. The molecular formula is C20H27N2O4S+. The van der Waals surface area contributed by atoms with E-state index < -0.39 is 10.0 Å². The van der Waals surface area contributed by atoms with E-state index in [0.29, 0.717) is 24.6 Å². The van der Waals surface area contributed by atoms with E-state index in [0.717, 1.165) is 19.6 Å². The molecule has 2 aromatic carbocycles. The number of piperazine rings is 1. The Labute approximate surface area is 161 Å². The number of benzene rings is 2. The number of aryl methyl sites for hydroxylation is 1. The van der Waals surface area contributed by atoms with Crippen LogP contribution in [-0.2, 0) is 16.6 Å². The summed E-state index contributed by atoms with van der Waals surface area (Å²) in [4.78, 5) is 1.59. The highest BCUT2D eigenvalue weighted by molar-refractivity contribution is 7.89. The van der Waals surface area contributed by atoms with Crippen LogP contribution in [0.1, 0.15) is 11.1 Å². The third kappa shape index (κ3) is 4.26. The standard InChI is InChI=1S/C20H26N2O4S/c1-16-6-4-5-7-17(16)15-21-10-12-22(13-11-21)27(23,24)20-9-8-18(25-2)14-19(20)26-3/h4-9,14H,10-13,15H2,1-3H3/p+1. The minimum atomic E-state index is -3.59. The summed E-state index contributed by atoms with van der Waals surface area (Å²) in [5.74, 6) is 0.877. The lowest BCUT2D eigenvalue weighted by molar-refractivity contribution is -0.917. The lowest BCUT2D eigenvalue weighted by atomic mass is 10.1. The number of ether oxygens (including phenoxy) is 2. The van der Waals surface area contributed by atoms with Gasteiger partial charge in [-0.05, 0) is 24.6 Å². The first-order chi connectivity index (χ1) is 13.0. The molecule has 2 aromatic rings. The highest BCUT2D eigenvalue weighted by Gasteiger charge is 2.32. The molecule has 1 aliphatic rings. The van der Waals surface area contributed by atoms with E-state index in [9.17, 15) is 8.42 Å². The number of hydrogen-bond acceptors (Lipinski definition) is 4. The summed E-state index contributed by atoms with van der Waals surface area (Å²) >= 11 is 0. The van der Waals surface area contributed by atoms with Crippen LogP contribution in [0.5, 0.6) is 11.5 Å². The Morgan fingerprint density at radius 1 is 1.04 bits per heavy atom. The molecule has 7 heteroatoms. The van der Waals surface area contributed by atoms with E-state index in [-0.39, 0.29) is 4.90 Å². The molecule has 1 N–H and O–H groups in total. The fourth-order valence-electron chi connectivity index (χ4n) is 3.42. The van der Waals surface area contributed by atoms with Gasteiger partial charge in [0, 0.05) is 11.6 Å². The maximum atomic E-state index is 13.1. The van der Waals surface area contributed by atoms with Crippen molar-refractivity contribution in [1.82, 2.24) is 4.31 Å². The number of rotatable bonds is 6. The Morgan fingerprint density at radius 3 is 2.37 bits per heavy atom. The molecule has 0 bridgehead atoms. The smallest absolute Gasteiger partial charge is 0.247 e. The zero-order valence-electron chi connectivity index (χ0n) is 16.1. The van der Waals surface area contributed by atoms with Crippen molar-refractivity contribution in [1.29, 1.82) is 0 Å². The van der Waals surface area contributed by atoms with Crippen molar-refractivity contribution in [2.24, 2.45) is 0 Å². The second-order valence-corrected chi connectivity index (χ2v) is 8.68. The Bertz CT molecular complexity index is 891. The molecule has 1 saturated heterocycles. The fraction of sp³-hybridized carbons (Fsp3) is 0.400. The molecule has 0 atom stereocenters. The molecule has 0 unspecified atom stereocenters. The molecule has 0 amide bonds. The molecule has 3 rings (SSSR count). The molecule has 1 aliphatic heterocycles. The zero-order chi connectivity index (χ0) is 19.4. The molecule has 0 spiro atoms. The third-order valence-electron chi connectivity index (χ3n) is 5.12. The lowest BCUT2D eigenvalue weighted by Crippen LogP contribution is -3.13. The predicted octanol–water partition coefficient (Wildman–Crippen LogP) is 1.10. The second-order valence-electron chi connectivity index (χ2n) is 6.77. The van der Waals surface area contributed by atoms with Crippen molar-refractivity contribution in [2.45, 2.75) is 18.4 Å². The Hall–Kier alpha value is -2.09. The first-order valence-electron chi connectivity index (χ1n) is 9.06. The molecule has 0 saturated carbocycles. The van der Waals surface area contributed by atoms with Gasteiger partial charge in [-0.25, -0.2) is 8.42 Å². The summed E-state index contributed by atoms with van der Waals surface area (Å²) in [5.41, 5.74) is 2.60. The van der Waals surface area contributed by atoms with Gasteiger partial charge in [-0.2, -0.15) is 4.31 Å². The van der Waals surface area contributed by atoms with Crippen LogP contribution in [-0.4, -0.2) is 53.1 Å². The van der Waals surface area contributed by atoms with E-state index in [2.05, 4.69) is 25.1 Å². The van der Waals surface area contributed by atoms with Crippen molar-refractivity contribution in [3.63, 3.8) is 0 Å². The minimum absolute atomic E-state index is 0.188. The van der Waals surface area contributed by atoms with Gasteiger partial charge < -0.3 is 14.4 Å². The van der Waals surface area contributed by atoms with Gasteiger partial charge in [0.25, 0.3) is 0 Å². The van der Waals surface area contributed by atoms with Crippen molar-refractivity contribution in [3.05, 3.63) is 53.6 Å². The highest BCUT2D eigenvalue weighted by Crippen LogP contribution is 2.30. The number of hydrogen-bond donors (Lipinski definition) is 1. The summed E-state index contributed by atoms with van der Waals surface area (Å²) < 4.78 is 38.2. The Kier molecular flexibility index (Phi) is 6.04. The van der Waals surface area contributed by atoms with Crippen LogP contribution < -0.4 is 14.4 Å². The maximum Gasteiger partial charge on any atom is 0.247 e. The van der Waals surface area contributed by atoms with Crippen LogP contribution >= 0.6 is 0 Å². The van der Waals surface area contributed by atoms with E-state index >= 15 is 0 Å². The van der Waals surface area contributed by atoms with Crippen LogP contribution in [0.15, 0.2) is 47.4 Å². The normalized spacial score (nSPS) is 16.3. The molecule has 0 radical (unpaired) electrons. The van der Waals surface area contributed by atoms with Gasteiger partial charge in [-0.15, -0.1) is 0 Å². The maximum absolute atomic E-state index is 13.1. The van der Waals surface area contributed by atoms with E-state index in [1.54, 1.807) is 29.6 Å². The fourth-order valence-corrected chi connectivity index (χ4v) is 5.00. The largest absolute Gasteiger partial charge is 0.497 e. The molecule has 6 nitrogen and oxygen atoms in total. The summed E-state index contributed by atoms with van der Waals surface area (Å²) in [7, 11) is -0.583. The topological polar surface area (TPSA) is 60.3 Å². The Morgan fingerprint density at radius 2 is 1.74 bits per heavy atom. The van der Waals surface area contributed by atoms with E-state index in [1.165, 1.54) is 23.1 Å². The summed E-state index contributed by atoms with van der Waals surface area (Å²) in [6, 6.07) is 13.2. The number of quaternary nitrogens is 1. The molecule has 0 aromatic heterocycles. The summed E-state index contributed by atoms with van der Waals surface area (Å²) in [5, 5.41) is 0. The predicted molar refractivity (Wildman–Crippen MR) is 104 cm³/mol. The van der Waals surface area contributed by atoms with Gasteiger partial charge in [-0.3, -0.25) is 0 Å². The number of nitrogens with zero attached hydrogens (tertiary/aromatic N) is 1. The second kappa shape index (κ2) is 8.29. The monoisotopic (exact) mass is 391 g/mol. The van der Waals surface area contributed by atoms with Crippen molar-refractivity contribution in [2.75, 3.05) is 40.4 Å². The van der Waals surface area contributed by atoms with Crippen molar-refractivity contribution in [3.8, 4) is 11.5 Å². The van der Waals surface area contributed by atoms with Crippen molar-refractivity contribution >= 4 is 10.0 Å². The molecule has 1 heterocycles. The molecular weight excluding hydrogens is 364 g/mol. The van der Waals surface area contributed by atoms with Crippen LogP contribution in [0.4, 0.5) is 0 Å². The van der Waals surface area contributed by atoms with Crippen LogP contribution in [0.25, 0.3) is 0 Å². The van der Waals surface area contributed by atoms with Gasteiger partial charge in [0.2, 0.25) is 10.0 Å². The average molecular weight is 392 g/mol. The van der Waals surface area contributed by atoms with Gasteiger partial charge >= 0.3 is 0 Å². The number of methoxy groups -OCH3 is 2. The van der Waals surface area contributed by atoms with E-state index in [4.69, 9.17) is 9.47 Å². The lowest BCUT2D eigenvalue weighted by Gasteiger charge is -2.32. The van der Waals surface area contributed by atoms with Crippen molar-refractivity contribution < 1.29 is 22.8 Å². The Balaban J connectivity index is 1.71. The molecule has 1 fully saturated rings. The summed E-state index contributed by atoms with van der Waals surface area (Å²) in [6.45, 7) is 5.60. The first kappa shape index (κ1) is 19.7. The quantitative estimate of drug-likeness (QED) is 0.801. The number of sulfonamides is 1. The minimum Gasteiger partial charge on any atom is -0.497 e. The van der Waals surface area contributed by atoms with Gasteiger partial charge in [0.1, 0.15) is 22.9 Å². The van der Waals surface area contributed by atoms with Gasteiger partial charge in [-0.1, -0.05) is 24.3 Å². The zero-order valence-corrected chi connectivity index (χ0v) is 16.9. The van der Waals surface area contributed by atoms with E-state index in [1.807, 2.05) is 6.07 Å². The molecule has 0 aliphatic carbocycles. The molecule has 27 heavy (non-hydrogen) atoms. The van der Waals surface area contributed by atoms with Gasteiger partial charge in [0.05, 0.1) is 40.4 Å². The molecule has 146 valence electrons. The first-order valence-corrected chi connectivity index (χ1v) is 10.5. The van der Waals surface area contributed by atoms with Crippen LogP contribution in [0.2, 0.25) is 0 Å². The third-order valence-corrected chi connectivity index (χ3v) is 7.06. The van der Waals surface area contributed by atoms with Gasteiger partial charge in [0.15, 0.2) is 0 Å². The SMILES string of the molecule is COc1ccc(S(=O)(=O)N2CC[NH+](Cc3ccccc3C)CC2)c(OC)c1.